The standard InChI is InChI=1S/C18H19NO5/c1-11-16(12(2)20)15(10-23-13(3)21)19-17(11)18(22)24-9-14-7-5-4-6-8-14/h4-8,19H,9-10H2,1-3H3. The van der Waals surface area contributed by atoms with Gasteiger partial charge < -0.3 is 14.5 Å². The number of rotatable bonds is 6. The van der Waals surface area contributed by atoms with Crippen molar-refractivity contribution in [3.8, 4) is 0 Å². The number of carbonyl (C=O) groups excluding carboxylic acids is 3. The lowest BCUT2D eigenvalue weighted by molar-refractivity contribution is -0.142. The maximum Gasteiger partial charge on any atom is 0.355 e. The lowest BCUT2D eigenvalue weighted by Crippen LogP contribution is -2.07. The maximum atomic E-state index is 12.3. The highest BCUT2D eigenvalue weighted by Crippen LogP contribution is 2.21. The molecule has 0 saturated heterocycles. The molecule has 0 aliphatic rings. The van der Waals surface area contributed by atoms with Gasteiger partial charge in [-0.15, -0.1) is 0 Å². The van der Waals surface area contributed by atoms with Gasteiger partial charge >= 0.3 is 11.9 Å². The number of carbonyl (C=O) groups is 3. The zero-order valence-electron chi connectivity index (χ0n) is 13.8. The van der Waals surface area contributed by atoms with E-state index in [0.717, 1.165) is 5.56 Å². The Kier molecular flexibility index (Phi) is 5.52. The highest BCUT2D eigenvalue weighted by Gasteiger charge is 2.23. The lowest BCUT2D eigenvalue weighted by atomic mass is 10.1. The van der Waals surface area contributed by atoms with Gasteiger partial charge in [-0.25, -0.2) is 4.79 Å². The number of Topliss-reactive ketones (excluding diaryl/α,β-unsaturated/α-hetero) is 1. The molecule has 0 spiro atoms. The summed E-state index contributed by atoms with van der Waals surface area (Å²) in [7, 11) is 0. The van der Waals surface area contributed by atoms with Gasteiger partial charge in [0.15, 0.2) is 5.78 Å². The summed E-state index contributed by atoms with van der Waals surface area (Å²) in [5.41, 5.74) is 2.28. The van der Waals surface area contributed by atoms with E-state index >= 15 is 0 Å². The van der Waals surface area contributed by atoms with Crippen LogP contribution in [0.3, 0.4) is 0 Å². The largest absolute Gasteiger partial charge is 0.459 e. The Morgan fingerprint density at radius 1 is 1.00 bits per heavy atom. The molecule has 1 aromatic heterocycles. The number of esters is 2. The number of benzene rings is 1. The van der Waals surface area contributed by atoms with Crippen LogP contribution < -0.4 is 0 Å². The molecular weight excluding hydrogens is 310 g/mol. The van der Waals surface area contributed by atoms with Crippen LogP contribution in [-0.2, 0) is 27.5 Å². The third-order valence-corrected chi connectivity index (χ3v) is 3.52. The molecule has 1 N–H and O–H groups in total. The average Bonchev–Trinajstić information content (AvgIpc) is 2.88. The predicted octanol–water partition coefficient (Wildman–Crippen LogP) is 2.95. The molecule has 0 aliphatic heterocycles. The predicted molar refractivity (Wildman–Crippen MR) is 86.6 cm³/mol. The fourth-order valence-electron chi connectivity index (χ4n) is 2.42. The molecule has 2 aromatic rings. The molecule has 0 bridgehead atoms. The topological polar surface area (TPSA) is 85.5 Å². The van der Waals surface area contributed by atoms with E-state index in [9.17, 15) is 14.4 Å². The quantitative estimate of drug-likeness (QED) is 0.650. The van der Waals surface area contributed by atoms with E-state index in [-0.39, 0.29) is 24.7 Å². The molecule has 6 nitrogen and oxygen atoms in total. The summed E-state index contributed by atoms with van der Waals surface area (Å²) in [6.45, 7) is 4.36. The molecule has 0 radical (unpaired) electrons. The number of ketones is 1. The molecular formula is C18H19NO5. The summed E-state index contributed by atoms with van der Waals surface area (Å²) < 4.78 is 10.2. The smallest absolute Gasteiger partial charge is 0.355 e. The van der Waals surface area contributed by atoms with Gasteiger partial charge in [0, 0.05) is 12.5 Å². The molecule has 0 amide bonds. The first-order valence-corrected chi connectivity index (χ1v) is 7.47. The number of aromatic nitrogens is 1. The Hall–Kier alpha value is -2.89. The molecule has 1 heterocycles. The number of aromatic amines is 1. The van der Waals surface area contributed by atoms with Crippen LogP contribution in [-0.4, -0.2) is 22.7 Å². The van der Waals surface area contributed by atoms with Crippen molar-refractivity contribution >= 4 is 17.7 Å². The fraction of sp³-hybridized carbons (Fsp3) is 0.278. The van der Waals surface area contributed by atoms with E-state index in [1.54, 1.807) is 6.92 Å². The van der Waals surface area contributed by atoms with Crippen LogP contribution in [0.4, 0.5) is 0 Å². The van der Waals surface area contributed by atoms with Gasteiger partial charge in [0.1, 0.15) is 18.9 Å². The van der Waals surface area contributed by atoms with E-state index in [1.807, 2.05) is 30.3 Å². The monoisotopic (exact) mass is 329 g/mol. The number of H-pyrrole nitrogens is 1. The van der Waals surface area contributed by atoms with Crippen LogP contribution in [0, 0.1) is 6.92 Å². The minimum Gasteiger partial charge on any atom is -0.459 e. The Morgan fingerprint density at radius 3 is 2.25 bits per heavy atom. The highest BCUT2D eigenvalue weighted by atomic mass is 16.5. The number of ether oxygens (including phenoxy) is 2. The maximum absolute atomic E-state index is 12.3. The van der Waals surface area contributed by atoms with Crippen LogP contribution in [0.1, 0.15) is 51.5 Å². The van der Waals surface area contributed by atoms with Crippen LogP contribution in [0.5, 0.6) is 0 Å². The summed E-state index contributed by atoms with van der Waals surface area (Å²) >= 11 is 0. The zero-order chi connectivity index (χ0) is 17.7. The molecule has 0 atom stereocenters. The van der Waals surface area contributed by atoms with E-state index in [0.29, 0.717) is 16.8 Å². The molecule has 1 aromatic carbocycles. The first-order valence-electron chi connectivity index (χ1n) is 7.47. The summed E-state index contributed by atoms with van der Waals surface area (Å²) in [6.07, 6.45) is 0. The van der Waals surface area contributed by atoms with Crippen LogP contribution >= 0.6 is 0 Å². The summed E-state index contributed by atoms with van der Waals surface area (Å²) in [6, 6.07) is 9.28. The van der Waals surface area contributed by atoms with Crippen molar-refractivity contribution in [1.82, 2.24) is 4.98 Å². The van der Waals surface area contributed by atoms with E-state index in [2.05, 4.69) is 4.98 Å². The van der Waals surface area contributed by atoms with Gasteiger partial charge in [-0.3, -0.25) is 9.59 Å². The molecule has 6 heteroatoms. The molecule has 0 saturated carbocycles. The summed E-state index contributed by atoms with van der Waals surface area (Å²) in [5, 5.41) is 0. The Balaban J connectivity index is 2.19. The molecule has 0 fully saturated rings. The second kappa shape index (κ2) is 7.59. The highest BCUT2D eigenvalue weighted by molar-refractivity contribution is 6.01. The Morgan fingerprint density at radius 2 is 1.67 bits per heavy atom. The van der Waals surface area contributed by atoms with E-state index in [1.165, 1.54) is 13.8 Å². The third-order valence-electron chi connectivity index (χ3n) is 3.52. The van der Waals surface area contributed by atoms with Gasteiger partial charge in [0.25, 0.3) is 0 Å². The van der Waals surface area contributed by atoms with Crippen molar-refractivity contribution in [2.75, 3.05) is 0 Å². The number of hydrogen-bond acceptors (Lipinski definition) is 5. The molecule has 126 valence electrons. The van der Waals surface area contributed by atoms with Crippen LogP contribution in [0.15, 0.2) is 30.3 Å². The first kappa shape index (κ1) is 17.5. The van der Waals surface area contributed by atoms with E-state index in [4.69, 9.17) is 9.47 Å². The van der Waals surface area contributed by atoms with Gasteiger partial charge in [-0.05, 0) is 25.0 Å². The second-order valence-electron chi connectivity index (χ2n) is 5.38. The number of nitrogens with one attached hydrogen (secondary N) is 1. The Labute approximate surface area is 139 Å². The Bertz CT molecular complexity index is 761. The van der Waals surface area contributed by atoms with Crippen molar-refractivity contribution in [1.29, 1.82) is 0 Å². The molecule has 0 unspecified atom stereocenters. The average molecular weight is 329 g/mol. The van der Waals surface area contributed by atoms with Gasteiger partial charge in [-0.1, -0.05) is 30.3 Å². The normalized spacial score (nSPS) is 10.3. The number of hydrogen-bond donors (Lipinski definition) is 1. The van der Waals surface area contributed by atoms with E-state index < -0.39 is 11.9 Å². The SMILES string of the molecule is CC(=O)OCc1[nH]c(C(=O)OCc2ccccc2)c(C)c1C(C)=O. The first-order chi connectivity index (χ1) is 11.4. The minimum atomic E-state index is -0.562. The van der Waals surface area contributed by atoms with Gasteiger partial charge in [0.05, 0.1) is 5.69 Å². The zero-order valence-corrected chi connectivity index (χ0v) is 13.8. The van der Waals surface area contributed by atoms with Crippen molar-refractivity contribution in [3.05, 3.63) is 58.4 Å². The lowest BCUT2D eigenvalue weighted by Gasteiger charge is -2.04. The van der Waals surface area contributed by atoms with Crippen molar-refractivity contribution in [3.63, 3.8) is 0 Å². The van der Waals surface area contributed by atoms with Crippen LogP contribution in [0.2, 0.25) is 0 Å². The molecule has 2 rings (SSSR count). The van der Waals surface area contributed by atoms with Gasteiger partial charge in [-0.2, -0.15) is 0 Å². The molecule has 0 aliphatic carbocycles. The second-order valence-corrected chi connectivity index (χ2v) is 5.38. The van der Waals surface area contributed by atoms with Crippen molar-refractivity contribution < 1.29 is 23.9 Å². The summed E-state index contributed by atoms with van der Waals surface area (Å²) in [5.74, 6) is -1.24. The third kappa shape index (κ3) is 4.10. The summed E-state index contributed by atoms with van der Waals surface area (Å²) in [4.78, 5) is 37.9. The van der Waals surface area contributed by atoms with Gasteiger partial charge in [0.2, 0.25) is 0 Å². The van der Waals surface area contributed by atoms with Crippen LogP contribution in [0.25, 0.3) is 0 Å². The van der Waals surface area contributed by atoms with Crippen molar-refractivity contribution in [2.24, 2.45) is 0 Å². The molecule has 24 heavy (non-hydrogen) atoms. The fourth-order valence-corrected chi connectivity index (χ4v) is 2.42. The minimum absolute atomic E-state index is 0.100. The van der Waals surface area contributed by atoms with Crippen molar-refractivity contribution in [2.45, 2.75) is 34.0 Å².